The number of halogens is 4. The Balaban J connectivity index is 2.50. The van der Waals surface area contributed by atoms with Crippen LogP contribution in [0.2, 0.25) is 0 Å². The summed E-state index contributed by atoms with van der Waals surface area (Å²) in [6.07, 6.45) is -5.17. The standard InChI is InChI=1S/C11H9BrF3NO/c12-9-2-3-10(8(6-9)7-16)17-5-1-4-11(13,14)15/h2-3,6H,1,4-5H2. The van der Waals surface area contributed by atoms with Gasteiger partial charge in [-0.2, -0.15) is 18.4 Å². The van der Waals surface area contributed by atoms with Crippen molar-refractivity contribution in [1.29, 1.82) is 5.26 Å². The number of hydrogen-bond donors (Lipinski definition) is 0. The minimum Gasteiger partial charge on any atom is -0.492 e. The molecular weight excluding hydrogens is 299 g/mol. The van der Waals surface area contributed by atoms with Gasteiger partial charge in [-0.3, -0.25) is 0 Å². The number of ether oxygens (including phenoxy) is 1. The molecule has 0 unspecified atom stereocenters. The van der Waals surface area contributed by atoms with Crippen LogP contribution in [0.15, 0.2) is 22.7 Å². The fraction of sp³-hybridized carbons (Fsp3) is 0.364. The molecule has 1 aromatic carbocycles. The molecule has 2 nitrogen and oxygen atoms in total. The van der Waals surface area contributed by atoms with Crippen LogP contribution in [-0.2, 0) is 0 Å². The van der Waals surface area contributed by atoms with E-state index in [-0.39, 0.29) is 13.0 Å². The largest absolute Gasteiger partial charge is 0.492 e. The first-order chi connectivity index (χ1) is 7.92. The molecule has 1 rings (SSSR count). The Kier molecular flexibility index (Phi) is 4.82. The van der Waals surface area contributed by atoms with Crippen molar-refractivity contribution in [2.24, 2.45) is 0 Å². The molecule has 0 N–H and O–H groups in total. The number of hydrogen-bond acceptors (Lipinski definition) is 2. The van der Waals surface area contributed by atoms with Gasteiger partial charge in [0, 0.05) is 10.9 Å². The summed E-state index contributed by atoms with van der Waals surface area (Å²) in [5.74, 6) is 0.304. The lowest BCUT2D eigenvalue weighted by Crippen LogP contribution is -2.10. The van der Waals surface area contributed by atoms with Crippen LogP contribution in [0.25, 0.3) is 0 Å². The number of benzene rings is 1. The first kappa shape index (κ1) is 13.8. The van der Waals surface area contributed by atoms with Gasteiger partial charge < -0.3 is 4.74 Å². The van der Waals surface area contributed by atoms with Crippen LogP contribution in [0.3, 0.4) is 0 Å². The van der Waals surface area contributed by atoms with Crippen LogP contribution in [0, 0.1) is 11.3 Å². The lowest BCUT2D eigenvalue weighted by Gasteiger charge is -2.09. The fourth-order valence-corrected chi connectivity index (χ4v) is 1.53. The number of nitriles is 1. The van der Waals surface area contributed by atoms with E-state index in [1.807, 2.05) is 6.07 Å². The van der Waals surface area contributed by atoms with Gasteiger partial charge in [0.25, 0.3) is 0 Å². The maximum atomic E-state index is 11.9. The van der Waals surface area contributed by atoms with Crippen molar-refractivity contribution in [1.82, 2.24) is 0 Å². The summed E-state index contributed by atoms with van der Waals surface area (Å²) in [4.78, 5) is 0. The van der Waals surface area contributed by atoms with Gasteiger partial charge in [-0.05, 0) is 24.6 Å². The average molecular weight is 308 g/mol. The Hall–Kier alpha value is -1.22. The SMILES string of the molecule is N#Cc1cc(Br)ccc1OCCCC(F)(F)F. The van der Waals surface area contributed by atoms with Crippen molar-refractivity contribution in [2.75, 3.05) is 6.61 Å². The van der Waals surface area contributed by atoms with E-state index in [0.717, 1.165) is 4.47 Å². The minimum absolute atomic E-state index is 0.0597. The Morgan fingerprint density at radius 1 is 1.35 bits per heavy atom. The molecule has 0 fully saturated rings. The fourth-order valence-electron chi connectivity index (χ4n) is 1.17. The number of alkyl halides is 3. The summed E-state index contributed by atoms with van der Waals surface area (Å²) >= 11 is 3.19. The van der Waals surface area contributed by atoms with Gasteiger partial charge in [-0.15, -0.1) is 0 Å². The topological polar surface area (TPSA) is 33.0 Å². The molecule has 0 aromatic heterocycles. The maximum absolute atomic E-state index is 11.9. The molecule has 6 heteroatoms. The van der Waals surface area contributed by atoms with E-state index in [1.54, 1.807) is 18.2 Å². The molecule has 0 amide bonds. The smallest absolute Gasteiger partial charge is 0.389 e. The van der Waals surface area contributed by atoms with E-state index in [2.05, 4.69) is 15.9 Å². The summed E-state index contributed by atoms with van der Waals surface area (Å²) in [5.41, 5.74) is 0.298. The first-order valence-electron chi connectivity index (χ1n) is 4.81. The van der Waals surface area contributed by atoms with Crippen molar-refractivity contribution in [2.45, 2.75) is 19.0 Å². The first-order valence-corrected chi connectivity index (χ1v) is 5.61. The van der Waals surface area contributed by atoms with Crippen molar-refractivity contribution in [3.05, 3.63) is 28.2 Å². The lowest BCUT2D eigenvalue weighted by atomic mass is 10.2. The summed E-state index contributed by atoms with van der Waals surface area (Å²) in [6.45, 7) is -0.0597. The molecule has 0 aliphatic carbocycles. The minimum atomic E-state index is -4.17. The van der Waals surface area contributed by atoms with Crippen molar-refractivity contribution < 1.29 is 17.9 Å². The van der Waals surface area contributed by atoms with Crippen molar-refractivity contribution in [3.8, 4) is 11.8 Å². The average Bonchev–Trinajstić information content (AvgIpc) is 2.24. The van der Waals surface area contributed by atoms with Crippen LogP contribution in [0.4, 0.5) is 13.2 Å². The molecule has 0 saturated heterocycles. The molecule has 1 aromatic rings. The van der Waals surface area contributed by atoms with Gasteiger partial charge in [-0.25, -0.2) is 0 Å². The van der Waals surface area contributed by atoms with E-state index < -0.39 is 12.6 Å². The summed E-state index contributed by atoms with van der Waals surface area (Å²) in [5, 5.41) is 8.80. The zero-order valence-electron chi connectivity index (χ0n) is 8.72. The zero-order chi connectivity index (χ0) is 12.9. The van der Waals surface area contributed by atoms with Gasteiger partial charge in [0.1, 0.15) is 11.8 Å². The predicted molar refractivity (Wildman–Crippen MR) is 59.6 cm³/mol. The molecule has 0 atom stereocenters. The second-order valence-electron chi connectivity index (χ2n) is 3.32. The van der Waals surface area contributed by atoms with Crippen molar-refractivity contribution >= 4 is 15.9 Å². The quantitative estimate of drug-likeness (QED) is 0.786. The molecule has 0 spiro atoms. The van der Waals surface area contributed by atoms with Crippen LogP contribution < -0.4 is 4.74 Å². The van der Waals surface area contributed by atoms with E-state index in [0.29, 0.717) is 11.3 Å². The normalized spacial score (nSPS) is 11.0. The molecule has 92 valence electrons. The molecule has 0 bridgehead atoms. The predicted octanol–water partition coefficient (Wildman–Crippen LogP) is 4.04. The summed E-state index contributed by atoms with van der Waals surface area (Å²) in [6, 6.07) is 6.69. The molecule has 0 saturated carbocycles. The summed E-state index contributed by atoms with van der Waals surface area (Å²) in [7, 11) is 0. The Morgan fingerprint density at radius 3 is 2.65 bits per heavy atom. The highest BCUT2D eigenvalue weighted by atomic mass is 79.9. The van der Waals surface area contributed by atoms with Gasteiger partial charge in [0.15, 0.2) is 0 Å². The summed E-state index contributed by atoms with van der Waals surface area (Å²) < 4.78 is 41.5. The molecule has 0 aliphatic rings. The third-order valence-electron chi connectivity index (χ3n) is 1.92. The van der Waals surface area contributed by atoms with E-state index in [1.165, 1.54) is 0 Å². The highest BCUT2D eigenvalue weighted by Gasteiger charge is 2.26. The third-order valence-corrected chi connectivity index (χ3v) is 2.42. The second-order valence-corrected chi connectivity index (χ2v) is 4.24. The highest BCUT2D eigenvalue weighted by Crippen LogP contribution is 2.24. The monoisotopic (exact) mass is 307 g/mol. The second kappa shape index (κ2) is 5.92. The van der Waals surface area contributed by atoms with Gasteiger partial charge in [-0.1, -0.05) is 15.9 Å². The lowest BCUT2D eigenvalue weighted by molar-refractivity contribution is -0.136. The maximum Gasteiger partial charge on any atom is 0.389 e. The molecule has 0 radical (unpaired) electrons. The molecule has 0 heterocycles. The van der Waals surface area contributed by atoms with E-state index in [4.69, 9.17) is 10.00 Å². The van der Waals surface area contributed by atoms with Crippen LogP contribution in [0.1, 0.15) is 18.4 Å². The van der Waals surface area contributed by atoms with Crippen LogP contribution in [-0.4, -0.2) is 12.8 Å². The van der Waals surface area contributed by atoms with E-state index >= 15 is 0 Å². The Labute approximate surface area is 105 Å². The molecule has 17 heavy (non-hydrogen) atoms. The van der Waals surface area contributed by atoms with Crippen LogP contribution >= 0.6 is 15.9 Å². The number of rotatable bonds is 4. The van der Waals surface area contributed by atoms with Gasteiger partial charge >= 0.3 is 6.18 Å². The van der Waals surface area contributed by atoms with Crippen LogP contribution in [0.5, 0.6) is 5.75 Å². The highest BCUT2D eigenvalue weighted by molar-refractivity contribution is 9.10. The molecule has 0 aliphatic heterocycles. The third kappa shape index (κ3) is 5.09. The van der Waals surface area contributed by atoms with Crippen molar-refractivity contribution in [3.63, 3.8) is 0 Å². The molecular formula is C11H9BrF3NO. The number of nitrogens with zero attached hydrogens (tertiary/aromatic N) is 1. The van der Waals surface area contributed by atoms with E-state index in [9.17, 15) is 13.2 Å². The van der Waals surface area contributed by atoms with Gasteiger partial charge in [0.2, 0.25) is 0 Å². The Bertz CT molecular complexity index is 426. The van der Waals surface area contributed by atoms with Gasteiger partial charge in [0.05, 0.1) is 12.2 Å². The zero-order valence-corrected chi connectivity index (χ0v) is 10.3. The Morgan fingerprint density at radius 2 is 2.06 bits per heavy atom.